The molecule has 9 nitrogen and oxygen atoms in total. The molecule has 1 unspecified atom stereocenters. The van der Waals surface area contributed by atoms with Gasteiger partial charge >= 0.3 is 5.97 Å². The molecule has 9 heteroatoms. The zero-order valence-corrected chi connectivity index (χ0v) is 17.3. The number of anilines is 1. The smallest absolute Gasteiger partial charge is 0.315 e. The largest absolute Gasteiger partial charge is 0.466 e. The molecule has 31 heavy (non-hydrogen) atoms. The molecule has 2 aliphatic rings. The Kier molecular flexibility index (Phi) is 6.11. The van der Waals surface area contributed by atoms with Crippen molar-refractivity contribution in [2.24, 2.45) is 5.92 Å². The number of fused-ring (bicyclic) bond motifs is 2. The first kappa shape index (κ1) is 20.8. The van der Waals surface area contributed by atoms with Gasteiger partial charge in [0.1, 0.15) is 6.42 Å². The zero-order valence-electron chi connectivity index (χ0n) is 17.3. The SMILES string of the molecule is CCOC(=O)CC(=O)NNC(=O)C1Cc2cnc(NC3Cc4ccccc4C3)nc2C1. The molecule has 162 valence electrons. The minimum Gasteiger partial charge on any atom is -0.466 e. The topological polar surface area (TPSA) is 122 Å². The second-order valence-electron chi connectivity index (χ2n) is 7.81. The minimum atomic E-state index is -0.636. The van der Waals surface area contributed by atoms with Gasteiger partial charge in [-0.05, 0) is 42.9 Å². The van der Waals surface area contributed by atoms with Crippen LogP contribution in [-0.2, 0) is 44.8 Å². The number of hydrogen-bond donors (Lipinski definition) is 3. The van der Waals surface area contributed by atoms with Crippen molar-refractivity contribution in [2.75, 3.05) is 11.9 Å². The summed E-state index contributed by atoms with van der Waals surface area (Å²) in [7, 11) is 0. The number of ether oxygens (including phenoxy) is 1. The summed E-state index contributed by atoms with van der Waals surface area (Å²) in [5.41, 5.74) is 9.10. The van der Waals surface area contributed by atoms with Gasteiger partial charge in [-0.25, -0.2) is 9.97 Å². The molecule has 1 heterocycles. The van der Waals surface area contributed by atoms with Gasteiger partial charge in [-0.1, -0.05) is 24.3 Å². The van der Waals surface area contributed by atoms with Crippen LogP contribution in [0.2, 0.25) is 0 Å². The summed E-state index contributed by atoms with van der Waals surface area (Å²) in [6, 6.07) is 8.66. The fourth-order valence-electron chi connectivity index (χ4n) is 4.08. The molecule has 0 aliphatic heterocycles. The van der Waals surface area contributed by atoms with E-state index in [1.807, 2.05) is 0 Å². The number of esters is 1. The van der Waals surface area contributed by atoms with Crippen LogP contribution < -0.4 is 16.2 Å². The maximum absolute atomic E-state index is 12.4. The van der Waals surface area contributed by atoms with Gasteiger partial charge in [0.25, 0.3) is 0 Å². The summed E-state index contributed by atoms with van der Waals surface area (Å²) in [6.45, 7) is 1.86. The summed E-state index contributed by atoms with van der Waals surface area (Å²) in [5.74, 6) is -1.36. The number of aromatic nitrogens is 2. The number of hydrogen-bond acceptors (Lipinski definition) is 7. The molecule has 2 aliphatic carbocycles. The monoisotopic (exact) mass is 423 g/mol. The highest BCUT2D eigenvalue weighted by Crippen LogP contribution is 2.27. The van der Waals surface area contributed by atoms with Gasteiger partial charge in [0, 0.05) is 30.3 Å². The molecule has 0 fully saturated rings. The normalized spacial score (nSPS) is 16.9. The Hall–Kier alpha value is -3.49. The summed E-state index contributed by atoms with van der Waals surface area (Å²) in [5, 5.41) is 3.41. The average Bonchev–Trinajstić information content (AvgIpc) is 3.35. The second-order valence-corrected chi connectivity index (χ2v) is 7.81. The number of carbonyl (C=O) groups excluding carboxylic acids is 3. The number of benzene rings is 1. The van der Waals surface area contributed by atoms with Gasteiger partial charge in [0.15, 0.2) is 0 Å². The van der Waals surface area contributed by atoms with Gasteiger partial charge in [-0.15, -0.1) is 0 Å². The number of nitrogens with zero attached hydrogens (tertiary/aromatic N) is 2. The summed E-state index contributed by atoms with van der Waals surface area (Å²) in [6.07, 6.45) is 4.17. The Morgan fingerprint density at radius 2 is 1.77 bits per heavy atom. The van der Waals surface area contributed by atoms with E-state index in [-0.39, 0.29) is 24.5 Å². The molecule has 3 N–H and O–H groups in total. The lowest BCUT2D eigenvalue weighted by Crippen LogP contribution is -2.45. The molecule has 1 atom stereocenters. The van der Waals surface area contributed by atoms with E-state index in [4.69, 9.17) is 4.74 Å². The molecule has 0 saturated carbocycles. The van der Waals surface area contributed by atoms with Crippen molar-refractivity contribution in [3.8, 4) is 0 Å². The first-order valence-electron chi connectivity index (χ1n) is 10.4. The highest BCUT2D eigenvalue weighted by Gasteiger charge is 2.30. The van der Waals surface area contributed by atoms with Gasteiger partial charge in [0.05, 0.1) is 6.61 Å². The summed E-state index contributed by atoms with van der Waals surface area (Å²) in [4.78, 5) is 44.5. The lowest BCUT2D eigenvalue weighted by atomic mass is 10.1. The van der Waals surface area contributed by atoms with Crippen molar-refractivity contribution in [2.45, 2.75) is 45.1 Å². The van der Waals surface area contributed by atoms with Crippen LogP contribution in [0.25, 0.3) is 0 Å². The third-order valence-corrected chi connectivity index (χ3v) is 5.55. The Morgan fingerprint density at radius 1 is 1.03 bits per heavy atom. The van der Waals surface area contributed by atoms with E-state index in [2.05, 4.69) is 50.4 Å². The van der Waals surface area contributed by atoms with E-state index >= 15 is 0 Å². The van der Waals surface area contributed by atoms with Crippen LogP contribution >= 0.6 is 0 Å². The van der Waals surface area contributed by atoms with Crippen LogP contribution in [-0.4, -0.2) is 40.4 Å². The van der Waals surface area contributed by atoms with E-state index in [0.717, 1.165) is 24.1 Å². The number of rotatable bonds is 6. The maximum atomic E-state index is 12.4. The molecular weight excluding hydrogens is 398 g/mol. The predicted molar refractivity (Wildman–Crippen MR) is 112 cm³/mol. The average molecular weight is 423 g/mol. The number of nitrogens with one attached hydrogen (secondary N) is 3. The first-order valence-corrected chi connectivity index (χ1v) is 10.4. The van der Waals surface area contributed by atoms with Crippen LogP contribution in [0.15, 0.2) is 30.5 Å². The van der Waals surface area contributed by atoms with Gasteiger partial charge in [-0.2, -0.15) is 0 Å². The quantitative estimate of drug-likeness (QED) is 0.358. The van der Waals surface area contributed by atoms with Crippen LogP contribution in [0.5, 0.6) is 0 Å². The molecule has 1 aromatic heterocycles. The highest BCUT2D eigenvalue weighted by molar-refractivity contribution is 5.95. The molecular formula is C22H25N5O4. The van der Waals surface area contributed by atoms with Crippen molar-refractivity contribution < 1.29 is 19.1 Å². The standard InChI is InChI=1S/C22H25N5O4/c1-2-31-20(29)11-19(28)26-27-21(30)15-7-16-12-23-22(25-18(16)10-15)24-17-8-13-5-3-4-6-14(13)9-17/h3-6,12,15,17H,2,7-11H2,1H3,(H,26,28)(H,27,30)(H,23,24,25). The van der Waals surface area contributed by atoms with Crippen molar-refractivity contribution in [1.29, 1.82) is 0 Å². The van der Waals surface area contributed by atoms with Crippen molar-refractivity contribution >= 4 is 23.7 Å². The van der Waals surface area contributed by atoms with E-state index < -0.39 is 18.3 Å². The molecule has 0 saturated heterocycles. The molecule has 2 aromatic rings. The molecule has 0 bridgehead atoms. The van der Waals surface area contributed by atoms with E-state index in [9.17, 15) is 14.4 Å². The summed E-state index contributed by atoms with van der Waals surface area (Å²) < 4.78 is 4.70. The van der Waals surface area contributed by atoms with Gasteiger partial charge in [0.2, 0.25) is 17.8 Å². The fourth-order valence-corrected chi connectivity index (χ4v) is 4.08. The first-order chi connectivity index (χ1) is 15.0. The molecule has 2 amide bonds. The van der Waals surface area contributed by atoms with E-state index in [0.29, 0.717) is 18.8 Å². The minimum absolute atomic E-state index is 0.199. The van der Waals surface area contributed by atoms with Crippen LogP contribution in [0.4, 0.5) is 5.95 Å². The number of amides is 2. The summed E-state index contributed by atoms with van der Waals surface area (Å²) >= 11 is 0. The molecule has 0 radical (unpaired) electrons. The maximum Gasteiger partial charge on any atom is 0.315 e. The Balaban J connectivity index is 1.28. The van der Waals surface area contributed by atoms with E-state index in [1.165, 1.54) is 11.1 Å². The predicted octanol–water partition coefficient (Wildman–Crippen LogP) is 0.871. The molecule has 0 spiro atoms. The number of carbonyl (C=O) groups is 3. The third-order valence-electron chi connectivity index (χ3n) is 5.55. The second kappa shape index (κ2) is 9.11. The van der Waals surface area contributed by atoms with Crippen LogP contribution in [0.1, 0.15) is 35.7 Å². The Bertz CT molecular complexity index is 984. The van der Waals surface area contributed by atoms with Gasteiger partial charge < -0.3 is 10.1 Å². The highest BCUT2D eigenvalue weighted by atomic mass is 16.5. The van der Waals surface area contributed by atoms with Crippen molar-refractivity contribution in [1.82, 2.24) is 20.8 Å². The van der Waals surface area contributed by atoms with Crippen LogP contribution in [0, 0.1) is 5.92 Å². The molecule has 4 rings (SSSR count). The lowest BCUT2D eigenvalue weighted by molar-refractivity contribution is -0.146. The zero-order chi connectivity index (χ0) is 21.8. The van der Waals surface area contributed by atoms with Crippen molar-refractivity contribution in [3.63, 3.8) is 0 Å². The van der Waals surface area contributed by atoms with Crippen LogP contribution in [0.3, 0.4) is 0 Å². The number of hydrazine groups is 1. The molecule has 1 aromatic carbocycles. The Morgan fingerprint density at radius 3 is 2.48 bits per heavy atom. The van der Waals surface area contributed by atoms with E-state index in [1.54, 1.807) is 13.1 Å². The van der Waals surface area contributed by atoms with Gasteiger partial charge in [-0.3, -0.25) is 25.2 Å². The third kappa shape index (κ3) is 4.99. The fraction of sp³-hybridized carbons (Fsp3) is 0.409. The van der Waals surface area contributed by atoms with Crippen molar-refractivity contribution in [3.05, 3.63) is 52.8 Å². The lowest BCUT2D eigenvalue weighted by Gasteiger charge is -2.12. The Labute approximate surface area is 180 Å².